The minimum atomic E-state index is -0.642. The van der Waals surface area contributed by atoms with Gasteiger partial charge in [0.05, 0.1) is 26.3 Å². The van der Waals surface area contributed by atoms with E-state index >= 15 is 0 Å². The van der Waals surface area contributed by atoms with Gasteiger partial charge in [0.15, 0.2) is 6.61 Å². The number of methoxy groups -OCH3 is 2. The normalized spacial score (nSPS) is 13.3. The molecule has 2 amide bonds. The van der Waals surface area contributed by atoms with Crippen molar-refractivity contribution in [3.8, 4) is 11.8 Å². The highest BCUT2D eigenvalue weighted by Gasteiger charge is 2.29. The van der Waals surface area contributed by atoms with E-state index < -0.39 is 18.7 Å². The minimum absolute atomic E-state index is 0.0879. The second kappa shape index (κ2) is 11.0. The van der Waals surface area contributed by atoms with Crippen LogP contribution in [0.1, 0.15) is 46.4 Å². The van der Waals surface area contributed by atoms with Crippen LogP contribution in [-0.4, -0.2) is 50.2 Å². The Hall–Kier alpha value is -3.58. The van der Waals surface area contributed by atoms with E-state index in [4.69, 9.17) is 9.47 Å². The summed E-state index contributed by atoms with van der Waals surface area (Å²) >= 11 is 1.28. The molecule has 9 nitrogen and oxygen atoms in total. The number of benzene rings is 1. The number of fused-ring (bicyclic) bond motifs is 1. The van der Waals surface area contributed by atoms with Gasteiger partial charge in [0.1, 0.15) is 16.8 Å². The number of carbonyl (C=O) groups is 3. The van der Waals surface area contributed by atoms with Crippen molar-refractivity contribution in [1.82, 2.24) is 4.90 Å². The first-order valence-electron chi connectivity index (χ1n) is 10.7. The van der Waals surface area contributed by atoms with Crippen LogP contribution >= 0.6 is 11.3 Å². The van der Waals surface area contributed by atoms with Crippen LogP contribution in [0.2, 0.25) is 0 Å². The van der Waals surface area contributed by atoms with E-state index in [0.717, 1.165) is 27.3 Å². The third-order valence-electron chi connectivity index (χ3n) is 5.63. The Kier molecular flexibility index (Phi) is 8.12. The van der Waals surface area contributed by atoms with E-state index in [1.807, 2.05) is 32.0 Å². The molecule has 0 spiro atoms. The lowest BCUT2D eigenvalue weighted by Gasteiger charge is -2.25. The summed E-state index contributed by atoms with van der Waals surface area (Å²) in [4.78, 5) is 38.6. The number of hydrogen-bond acceptors (Lipinski definition) is 8. The number of thiophene rings is 1. The molecular weight excluding hydrogens is 458 g/mol. The number of carbonyl (C=O) groups excluding carboxylic acids is 3. The molecule has 2 heterocycles. The number of aryl methyl sites for hydroxylation is 1. The first-order valence-corrected chi connectivity index (χ1v) is 11.6. The molecule has 0 aliphatic carbocycles. The van der Waals surface area contributed by atoms with E-state index in [-0.39, 0.29) is 24.8 Å². The van der Waals surface area contributed by atoms with E-state index in [1.54, 1.807) is 7.11 Å². The lowest BCUT2D eigenvalue weighted by atomic mass is 9.95. The fourth-order valence-electron chi connectivity index (χ4n) is 3.84. The molecule has 10 heteroatoms. The number of nitrogens with one attached hydrogen (secondary N) is 1. The van der Waals surface area contributed by atoms with Crippen LogP contribution in [0, 0.1) is 18.3 Å². The number of amides is 2. The largest absolute Gasteiger partial charge is 0.496 e. The van der Waals surface area contributed by atoms with Crippen LogP contribution in [0.25, 0.3) is 0 Å². The summed E-state index contributed by atoms with van der Waals surface area (Å²) in [5.41, 5.74) is 3.28. The molecule has 1 aromatic carbocycles. The summed E-state index contributed by atoms with van der Waals surface area (Å²) in [6.45, 7) is 4.06. The van der Waals surface area contributed by atoms with Gasteiger partial charge in [0, 0.05) is 17.8 Å². The summed E-state index contributed by atoms with van der Waals surface area (Å²) < 4.78 is 14.9. The number of nitriles is 1. The van der Waals surface area contributed by atoms with Crippen molar-refractivity contribution < 1.29 is 28.6 Å². The molecule has 180 valence electrons. The van der Waals surface area contributed by atoms with Crippen molar-refractivity contribution >= 4 is 34.3 Å². The number of nitrogens with zero attached hydrogens (tertiary/aromatic N) is 2. The Balaban J connectivity index is 1.69. The second-order valence-electron chi connectivity index (χ2n) is 8.02. The smallest absolute Gasteiger partial charge is 0.410 e. The van der Waals surface area contributed by atoms with Crippen LogP contribution in [0.5, 0.6) is 5.75 Å². The zero-order valence-electron chi connectivity index (χ0n) is 19.6. The number of ether oxygens (including phenoxy) is 3. The predicted molar refractivity (Wildman–Crippen MR) is 126 cm³/mol. The van der Waals surface area contributed by atoms with Crippen molar-refractivity contribution in [2.24, 2.45) is 0 Å². The summed E-state index contributed by atoms with van der Waals surface area (Å²) in [6.07, 6.45) is 0.0445. The zero-order chi connectivity index (χ0) is 24.8. The Labute approximate surface area is 202 Å². The zero-order valence-corrected chi connectivity index (χ0v) is 20.4. The average Bonchev–Trinajstić information content (AvgIpc) is 3.17. The van der Waals surface area contributed by atoms with E-state index in [9.17, 15) is 19.6 Å². The fourth-order valence-corrected chi connectivity index (χ4v) is 5.07. The van der Waals surface area contributed by atoms with Gasteiger partial charge >= 0.3 is 12.1 Å². The molecule has 1 aliphatic heterocycles. The highest BCUT2D eigenvalue weighted by Crippen LogP contribution is 2.37. The summed E-state index contributed by atoms with van der Waals surface area (Å²) in [7, 11) is 2.82. The Morgan fingerprint density at radius 1 is 1.29 bits per heavy atom. The van der Waals surface area contributed by atoms with Gasteiger partial charge in [-0.3, -0.25) is 4.79 Å². The van der Waals surface area contributed by atoms with Crippen LogP contribution in [-0.2, 0) is 32.0 Å². The van der Waals surface area contributed by atoms with Crippen molar-refractivity contribution in [3.63, 3.8) is 0 Å². The van der Waals surface area contributed by atoms with Gasteiger partial charge in [-0.25, -0.2) is 9.59 Å². The topological polar surface area (TPSA) is 118 Å². The Bertz CT molecular complexity index is 1140. The maximum atomic E-state index is 12.8. The summed E-state index contributed by atoms with van der Waals surface area (Å²) in [5, 5.41) is 13.1. The quantitative estimate of drug-likeness (QED) is 0.594. The van der Waals surface area contributed by atoms with Crippen molar-refractivity contribution in [2.45, 2.75) is 39.2 Å². The molecule has 1 unspecified atom stereocenters. The second-order valence-corrected chi connectivity index (χ2v) is 9.13. The first-order chi connectivity index (χ1) is 16.3. The lowest BCUT2D eigenvalue weighted by Crippen LogP contribution is -2.36. The maximum absolute atomic E-state index is 12.8. The van der Waals surface area contributed by atoms with Crippen molar-refractivity contribution in [3.05, 3.63) is 45.3 Å². The number of hydrogen-bond donors (Lipinski definition) is 1. The van der Waals surface area contributed by atoms with E-state index in [0.29, 0.717) is 23.5 Å². The summed E-state index contributed by atoms with van der Waals surface area (Å²) in [6, 6.07) is 8.05. The van der Waals surface area contributed by atoms with Gasteiger partial charge in [-0.1, -0.05) is 24.6 Å². The van der Waals surface area contributed by atoms with Gasteiger partial charge in [-0.15, -0.1) is 11.3 Å². The average molecular weight is 486 g/mol. The maximum Gasteiger partial charge on any atom is 0.410 e. The highest BCUT2D eigenvalue weighted by atomic mass is 32.1. The highest BCUT2D eigenvalue weighted by molar-refractivity contribution is 7.16. The molecule has 1 aromatic heterocycles. The van der Waals surface area contributed by atoms with Crippen molar-refractivity contribution in [2.75, 3.05) is 32.7 Å². The Morgan fingerprint density at radius 3 is 2.74 bits per heavy atom. The van der Waals surface area contributed by atoms with E-state index in [1.165, 1.54) is 23.3 Å². The Morgan fingerprint density at radius 2 is 2.06 bits per heavy atom. The monoisotopic (exact) mass is 485 g/mol. The third-order valence-corrected chi connectivity index (χ3v) is 6.76. The van der Waals surface area contributed by atoms with Crippen LogP contribution < -0.4 is 10.1 Å². The van der Waals surface area contributed by atoms with E-state index in [2.05, 4.69) is 16.1 Å². The SMILES string of the molecule is COC(=O)COC(=O)N1CCc2c(sc(NC(=O)CC(C)c3cc(C)ccc3OC)c2C#N)C1. The van der Waals surface area contributed by atoms with Crippen LogP contribution in [0.3, 0.4) is 0 Å². The molecule has 2 aromatic rings. The molecule has 1 aliphatic rings. The summed E-state index contributed by atoms with van der Waals surface area (Å²) in [5.74, 6) is -0.207. The first kappa shape index (κ1) is 25.1. The van der Waals surface area contributed by atoms with Gasteiger partial charge in [0.25, 0.3) is 0 Å². The number of rotatable bonds is 7. The molecule has 0 fully saturated rings. The standard InChI is InChI=1S/C24H27N3O6S/c1-14-5-6-19(31-3)17(9-14)15(2)10-21(28)26-23-18(11-25)16-7-8-27(12-20(16)34-23)24(30)33-13-22(29)32-4/h5-6,9,15H,7-8,10,12-13H2,1-4H3,(H,26,28). The van der Waals surface area contributed by atoms with Crippen LogP contribution in [0.15, 0.2) is 18.2 Å². The molecule has 3 rings (SSSR count). The molecule has 0 saturated heterocycles. The molecule has 0 bridgehead atoms. The van der Waals surface area contributed by atoms with Gasteiger partial charge in [0.2, 0.25) is 5.91 Å². The van der Waals surface area contributed by atoms with Crippen LogP contribution in [0.4, 0.5) is 9.80 Å². The fraction of sp³-hybridized carbons (Fsp3) is 0.417. The number of esters is 1. The molecular formula is C24H27N3O6S. The molecule has 1 atom stereocenters. The minimum Gasteiger partial charge on any atom is -0.496 e. The molecule has 0 saturated carbocycles. The molecule has 34 heavy (non-hydrogen) atoms. The third kappa shape index (κ3) is 5.66. The van der Waals surface area contributed by atoms with Gasteiger partial charge < -0.3 is 24.4 Å². The molecule has 1 N–H and O–H groups in total. The van der Waals surface area contributed by atoms with Crippen molar-refractivity contribution in [1.29, 1.82) is 5.26 Å². The lowest BCUT2D eigenvalue weighted by molar-refractivity contribution is -0.144. The molecule has 0 radical (unpaired) electrons. The number of anilines is 1. The van der Waals surface area contributed by atoms with Gasteiger partial charge in [-0.05, 0) is 36.5 Å². The van der Waals surface area contributed by atoms with Gasteiger partial charge in [-0.2, -0.15) is 5.26 Å². The predicted octanol–water partition coefficient (Wildman–Crippen LogP) is 3.74.